The molecule has 0 spiro atoms. The second-order valence-electron chi connectivity index (χ2n) is 3.04. The molecule has 2 N–H and O–H groups in total. The van der Waals surface area contributed by atoms with Crippen molar-refractivity contribution in [2.24, 2.45) is 0 Å². The van der Waals surface area contributed by atoms with Crippen molar-refractivity contribution in [2.75, 3.05) is 5.73 Å². The highest BCUT2D eigenvalue weighted by molar-refractivity contribution is 14.1. The zero-order valence-corrected chi connectivity index (χ0v) is 10.1. The van der Waals surface area contributed by atoms with Crippen LogP contribution in [0.2, 0.25) is 0 Å². The molecule has 0 unspecified atom stereocenters. The molecule has 0 aliphatic carbocycles. The van der Waals surface area contributed by atoms with Crippen molar-refractivity contribution < 1.29 is 4.39 Å². The SMILES string of the molecule is CC[C@@H](I)n1cnc2c(N)nc(F)nc21. The van der Waals surface area contributed by atoms with Crippen LogP contribution in [0.1, 0.15) is 17.4 Å². The maximum atomic E-state index is 13.0. The molecule has 0 aliphatic heterocycles. The third kappa shape index (κ3) is 1.75. The quantitative estimate of drug-likeness (QED) is 0.521. The van der Waals surface area contributed by atoms with Crippen molar-refractivity contribution in [3.8, 4) is 0 Å². The minimum absolute atomic E-state index is 0.0796. The summed E-state index contributed by atoms with van der Waals surface area (Å²) < 4.78 is 14.9. The molecule has 80 valence electrons. The molecule has 2 rings (SSSR count). The maximum Gasteiger partial charge on any atom is 0.312 e. The fraction of sp³-hybridized carbons (Fsp3) is 0.375. The van der Waals surface area contributed by atoms with Gasteiger partial charge in [-0.1, -0.05) is 29.5 Å². The maximum absolute atomic E-state index is 13.0. The first-order valence-electron chi connectivity index (χ1n) is 4.43. The molecule has 0 aromatic carbocycles. The van der Waals surface area contributed by atoms with E-state index < -0.39 is 6.08 Å². The number of imidazole rings is 1. The average molecular weight is 321 g/mol. The van der Waals surface area contributed by atoms with E-state index >= 15 is 0 Å². The van der Waals surface area contributed by atoms with Gasteiger partial charge in [0.2, 0.25) is 0 Å². The number of alkyl halides is 1. The van der Waals surface area contributed by atoms with Crippen LogP contribution in [0, 0.1) is 6.08 Å². The Morgan fingerprint density at radius 2 is 2.33 bits per heavy atom. The largest absolute Gasteiger partial charge is 0.382 e. The van der Waals surface area contributed by atoms with Crippen molar-refractivity contribution in [1.29, 1.82) is 0 Å². The fourth-order valence-corrected chi connectivity index (χ4v) is 1.72. The number of nitrogen functional groups attached to an aromatic ring is 1. The van der Waals surface area contributed by atoms with Crippen molar-refractivity contribution >= 4 is 39.6 Å². The highest BCUT2D eigenvalue weighted by atomic mass is 127. The van der Waals surface area contributed by atoms with Gasteiger partial charge in [0.25, 0.3) is 0 Å². The zero-order chi connectivity index (χ0) is 11.0. The van der Waals surface area contributed by atoms with E-state index in [1.54, 1.807) is 10.9 Å². The van der Waals surface area contributed by atoms with Crippen LogP contribution in [-0.2, 0) is 0 Å². The number of hydrogen-bond acceptors (Lipinski definition) is 4. The number of nitrogens with zero attached hydrogens (tertiary/aromatic N) is 4. The Labute approximate surface area is 99.1 Å². The van der Waals surface area contributed by atoms with Gasteiger partial charge < -0.3 is 10.3 Å². The van der Waals surface area contributed by atoms with Gasteiger partial charge in [-0.05, 0) is 6.42 Å². The number of halogens is 2. The molecule has 2 heterocycles. The number of fused-ring (bicyclic) bond motifs is 1. The lowest BCUT2D eigenvalue weighted by Crippen LogP contribution is -2.03. The summed E-state index contributed by atoms with van der Waals surface area (Å²) in [6.45, 7) is 2.03. The summed E-state index contributed by atoms with van der Waals surface area (Å²) >= 11 is 2.24. The van der Waals surface area contributed by atoms with Gasteiger partial charge in [0.15, 0.2) is 11.5 Å². The van der Waals surface area contributed by atoms with Crippen LogP contribution in [0.25, 0.3) is 11.2 Å². The van der Waals surface area contributed by atoms with E-state index in [1.807, 2.05) is 6.92 Å². The van der Waals surface area contributed by atoms with Crippen LogP contribution in [0.3, 0.4) is 0 Å². The van der Waals surface area contributed by atoms with Crippen LogP contribution in [-0.4, -0.2) is 19.5 Å². The standard InChI is InChI=1S/C8H9FIN5/c1-2-4(10)15-3-12-5-6(11)13-8(9)14-7(5)15/h3-4H,2H2,1H3,(H2,11,13,14)/t4-/m0/s1. The highest BCUT2D eigenvalue weighted by Gasteiger charge is 2.14. The fourth-order valence-electron chi connectivity index (χ4n) is 1.31. The van der Waals surface area contributed by atoms with Crippen LogP contribution >= 0.6 is 22.6 Å². The van der Waals surface area contributed by atoms with Crippen molar-refractivity contribution in [1.82, 2.24) is 19.5 Å². The van der Waals surface area contributed by atoms with Gasteiger partial charge in [0.1, 0.15) is 5.52 Å². The van der Waals surface area contributed by atoms with Crippen LogP contribution in [0.15, 0.2) is 6.33 Å². The summed E-state index contributed by atoms with van der Waals surface area (Å²) in [6.07, 6.45) is 1.69. The van der Waals surface area contributed by atoms with Crippen molar-refractivity contribution in [3.63, 3.8) is 0 Å². The molecule has 0 bridgehead atoms. The summed E-state index contributed by atoms with van der Waals surface area (Å²) in [5.74, 6) is 0.0796. The lowest BCUT2D eigenvalue weighted by molar-refractivity contribution is 0.542. The first-order chi connectivity index (χ1) is 7.13. The molecule has 2 aromatic heterocycles. The van der Waals surface area contributed by atoms with Gasteiger partial charge in [-0.3, -0.25) is 0 Å². The third-order valence-corrected chi connectivity index (χ3v) is 3.54. The molecule has 5 nitrogen and oxygen atoms in total. The lowest BCUT2D eigenvalue weighted by Gasteiger charge is -2.08. The molecule has 0 amide bonds. The Hall–Kier alpha value is -0.990. The molecular formula is C8H9FIN5. The molecule has 1 atom stereocenters. The number of hydrogen-bond donors (Lipinski definition) is 1. The number of nitrogens with two attached hydrogens (primary N) is 1. The van der Waals surface area contributed by atoms with E-state index in [1.165, 1.54) is 0 Å². The number of aromatic nitrogens is 4. The smallest absolute Gasteiger partial charge is 0.312 e. The summed E-state index contributed by atoms with van der Waals surface area (Å²) in [5, 5.41) is 0. The number of rotatable bonds is 2. The summed E-state index contributed by atoms with van der Waals surface area (Å²) in [4.78, 5) is 11.2. The predicted octanol–water partition coefficient (Wildman–Crippen LogP) is 1.89. The van der Waals surface area contributed by atoms with Gasteiger partial charge in [0, 0.05) is 0 Å². The molecule has 0 aliphatic rings. The summed E-state index contributed by atoms with van der Waals surface area (Å²) in [6, 6.07) is 0. The van der Waals surface area contributed by atoms with Gasteiger partial charge >= 0.3 is 6.08 Å². The molecule has 7 heteroatoms. The molecule has 0 radical (unpaired) electrons. The Morgan fingerprint density at radius 1 is 1.60 bits per heavy atom. The van der Waals surface area contributed by atoms with E-state index in [-0.39, 0.29) is 9.87 Å². The Balaban J connectivity index is 2.68. The highest BCUT2D eigenvalue weighted by Crippen LogP contribution is 2.25. The average Bonchev–Trinajstić information content (AvgIpc) is 2.60. The lowest BCUT2D eigenvalue weighted by atomic mass is 10.4. The van der Waals surface area contributed by atoms with Gasteiger partial charge in [-0.15, -0.1) is 0 Å². The molecule has 0 saturated carbocycles. The van der Waals surface area contributed by atoms with Gasteiger partial charge in [-0.25, -0.2) is 4.98 Å². The van der Waals surface area contributed by atoms with Crippen molar-refractivity contribution in [2.45, 2.75) is 17.4 Å². The molecular weight excluding hydrogens is 312 g/mol. The molecule has 0 fully saturated rings. The monoisotopic (exact) mass is 321 g/mol. The van der Waals surface area contributed by atoms with E-state index in [0.29, 0.717) is 11.2 Å². The zero-order valence-electron chi connectivity index (χ0n) is 7.98. The van der Waals surface area contributed by atoms with Gasteiger partial charge in [-0.2, -0.15) is 14.4 Å². The van der Waals surface area contributed by atoms with Crippen LogP contribution in [0.4, 0.5) is 10.2 Å². The van der Waals surface area contributed by atoms with E-state index in [2.05, 4.69) is 37.5 Å². The molecule has 15 heavy (non-hydrogen) atoms. The Morgan fingerprint density at radius 3 is 3.00 bits per heavy atom. The minimum Gasteiger partial charge on any atom is -0.382 e. The third-order valence-electron chi connectivity index (χ3n) is 2.06. The van der Waals surface area contributed by atoms with E-state index in [9.17, 15) is 4.39 Å². The second-order valence-corrected chi connectivity index (χ2v) is 4.48. The Bertz CT molecular complexity index is 497. The van der Waals surface area contributed by atoms with Crippen LogP contribution in [0.5, 0.6) is 0 Å². The van der Waals surface area contributed by atoms with Gasteiger partial charge in [0.05, 0.1) is 10.4 Å². The van der Waals surface area contributed by atoms with Crippen molar-refractivity contribution in [3.05, 3.63) is 12.4 Å². The summed E-state index contributed by atoms with van der Waals surface area (Å²) in [7, 11) is 0. The second kappa shape index (κ2) is 3.87. The molecule has 2 aromatic rings. The first-order valence-corrected chi connectivity index (χ1v) is 5.67. The number of anilines is 1. The Kier molecular flexibility index (Phi) is 2.72. The summed E-state index contributed by atoms with van der Waals surface area (Å²) in [5.41, 5.74) is 6.44. The first kappa shape index (κ1) is 10.5. The normalized spacial score (nSPS) is 13.3. The topological polar surface area (TPSA) is 69.6 Å². The predicted molar refractivity (Wildman–Crippen MR) is 63.0 cm³/mol. The minimum atomic E-state index is -0.818. The van der Waals surface area contributed by atoms with E-state index in [4.69, 9.17) is 5.73 Å². The van der Waals surface area contributed by atoms with Crippen LogP contribution < -0.4 is 5.73 Å². The molecule has 0 saturated heterocycles. The van der Waals surface area contributed by atoms with E-state index in [0.717, 1.165) is 6.42 Å².